The summed E-state index contributed by atoms with van der Waals surface area (Å²) in [5.74, 6) is -1.52. The lowest BCUT2D eigenvalue weighted by Crippen LogP contribution is -2.34. The van der Waals surface area contributed by atoms with Crippen LogP contribution >= 0.6 is 11.8 Å². The Balaban J connectivity index is 1.60. The Labute approximate surface area is 181 Å². The van der Waals surface area contributed by atoms with Gasteiger partial charge < -0.3 is 20.1 Å². The second-order valence-electron chi connectivity index (χ2n) is 6.56. The number of benzene rings is 2. The molecule has 2 aromatic rings. The van der Waals surface area contributed by atoms with E-state index in [9.17, 15) is 24.5 Å². The fourth-order valence-corrected chi connectivity index (χ4v) is 3.91. The minimum atomic E-state index is -1.19. The van der Waals surface area contributed by atoms with E-state index in [-0.39, 0.29) is 29.5 Å². The zero-order chi connectivity index (χ0) is 22.5. The number of fused-ring (bicyclic) bond motifs is 1. The molecule has 0 saturated heterocycles. The quantitative estimate of drug-likeness (QED) is 0.377. The lowest BCUT2D eigenvalue weighted by molar-refractivity contribution is -0.384. The summed E-state index contributed by atoms with van der Waals surface area (Å²) >= 11 is 1.25. The van der Waals surface area contributed by atoms with Crippen LogP contribution in [0.15, 0.2) is 47.4 Å². The molecular formula is C20H19N3O7S. The number of non-ortho nitro benzene ring substituents is 1. The Morgan fingerprint density at radius 2 is 2.03 bits per heavy atom. The summed E-state index contributed by atoms with van der Waals surface area (Å²) in [7, 11) is 1.35. The molecule has 1 aliphatic heterocycles. The number of nitrogens with one attached hydrogen (secondary N) is 2. The Kier molecular flexibility index (Phi) is 6.75. The van der Waals surface area contributed by atoms with Gasteiger partial charge in [-0.25, -0.2) is 0 Å². The van der Waals surface area contributed by atoms with Crippen molar-refractivity contribution in [3.05, 3.63) is 52.6 Å². The van der Waals surface area contributed by atoms with E-state index in [2.05, 4.69) is 10.6 Å². The molecule has 2 amide bonds. The molecule has 0 fully saturated rings. The van der Waals surface area contributed by atoms with E-state index in [1.807, 2.05) is 12.1 Å². The molecule has 1 heterocycles. The third kappa shape index (κ3) is 5.31. The first-order valence-electron chi connectivity index (χ1n) is 9.18. The molecule has 0 unspecified atom stereocenters. The van der Waals surface area contributed by atoms with Crippen molar-refractivity contribution >= 4 is 46.6 Å². The Morgan fingerprint density at radius 1 is 1.29 bits per heavy atom. The number of hydrogen-bond donors (Lipinski definition) is 2. The number of rotatable bonds is 7. The number of anilines is 2. The lowest BCUT2D eigenvalue weighted by atomic mass is 10.2. The van der Waals surface area contributed by atoms with Crippen LogP contribution in [0.4, 0.5) is 17.1 Å². The van der Waals surface area contributed by atoms with Gasteiger partial charge in [0.25, 0.3) is 11.6 Å². The molecule has 0 saturated carbocycles. The molecule has 0 aliphatic carbocycles. The number of hydrogen-bond acceptors (Lipinski definition) is 8. The number of nitrogens with zero attached hydrogens (tertiary/aromatic N) is 1. The predicted octanol–water partition coefficient (Wildman–Crippen LogP) is 2.98. The fraction of sp³-hybridized carbons (Fsp3) is 0.250. The molecule has 2 N–H and O–H groups in total. The van der Waals surface area contributed by atoms with E-state index in [1.54, 1.807) is 12.1 Å². The number of thioether (sulfide) groups is 1. The van der Waals surface area contributed by atoms with Gasteiger partial charge in [-0.3, -0.25) is 24.5 Å². The van der Waals surface area contributed by atoms with Gasteiger partial charge in [-0.05, 0) is 25.1 Å². The van der Waals surface area contributed by atoms with Crippen molar-refractivity contribution in [3.8, 4) is 5.75 Å². The summed E-state index contributed by atoms with van der Waals surface area (Å²) in [5, 5.41) is 15.5. The SMILES string of the molecule is COc1ccc([N+](=O)[O-])cc1NC(=O)[C@H](C)OC(=O)C[C@@H]1Sc2ccccc2NC1=O. The number of nitro groups is 1. The third-order valence-electron chi connectivity index (χ3n) is 4.39. The largest absolute Gasteiger partial charge is 0.495 e. The number of methoxy groups -OCH3 is 1. The maximum absolute atomic E-state index is 12.4. The van der Waals surface area contributed by atoms with Gasteiger partial charge in [-0.2, -0.15) is 0 Å². The summed E-state index contributed by atoms with van der Waals surface area (Å²) in [5.41, 5.74) is 0.519. The molecule has 2 aromatic carbocycles. The van der Waals surface area contributed by atoms with Crippen LogP contribution in [0.1, 0.15) is 13.3 Å². The minimum absolute atomic E-state index is 0.0726. The van der Waals surface area contributed by atoms with Crippen LogP contribution in [0.5, 0.6) is 5.75 Å². The van der Waals surface area contributed by atoms with Gasteiger partial charge in [0.2, 0.25) is 5.91 Å². The zero-order valence-electron chi connectivity index (χ0n) is 16.6. The van der Waals surface area contributed by atoms with Crippen molar-refractivity contribution in [3.63, 3.8) is 0 Å². The van der Waals surface area contributed by atoms with Gasteiger partial charge in [0.05, 0.1) is 35.1 Å². The van der Waals surface area contributed by atoms with Crippen molar-refractivity contribution in [1.29, 1.82) is 0 Å². The van der Waals surface area contributed by atoms with Crippen LogP contribution in [0.2, 0.25) is 0 Å². The van der Waals surface area contributed by atoms with Gasteiger partial charge in [-0.15, -0.1) is 11.8 Å². The Hall–Kier alpha value is -3.60. The highest BCUT2D eigenvalue weighted by molar-refractivity contribution is 8.01. The maximum atomic E-state index is 12.4. The van der Waals surface area contributed by atoms with E-state index in [1.165, 1.54) is 37.9 Å². The van der Waals surface area contributed by atoms with Crippen molar-refractivity contribution in [1.82, 2.24) is 0 Å². The van der Waals surface area contributed by atoms with Gasteiger partial charge in [-0.1, -0.05) is 12.1 Å². The summed E-state index contributed by atoms with van der Waals surface area (Å²) < 4.78 is 10.2. The van der Waals surface area contributed by atoms with E-state index >= 15 is 0 Å². The number of amides is 2. The first-order chi connectivity index (χ1) is 14.8. The van der Waals surface area contributed by atoms with Crippen molar-refractivity contribution in [2.45, 2.75) is 29.6 Å². The van der Waals surface area contributed by atoms with E-state index < -0.39 is 28.2 Å². The molecule has 11 heteroatoms. The van der Waals surface area contributed by atoms with Crippen LogP contribution in [0.3, 0.4) is 0 Å². The van der Waals surface area contributed by atoms with E-state index in [0.717, 1.165) is 11.0 Å². The Bertz CT molecular complexity index is 1040. The van der Waals surface area contributed by atoms with Gasteiger partial charge in [0, 0.05) is 17.0 Å². The highest BCUT2D eigenvalue weighted by atomic mass is 32.2. The second-order valence-corrected chi connectivity index (χ2v) is 7.80. The maximum Gasteiger partial charge on any atom is 0.308 e. The fourth-order valence-electron chi connectivity index (χ4n) is 2.82. The lowest BCUT2D eigenvalue weighted by Gasteiger charge is -2.23. The van der Waals surface area contributed by atoms with Crippen LogP contribution in [0, 0.1) is 10.1 Å². The molecule has 1 aliphatic rings. The average molecular weight is 445 g/mol. The molecule has 162 valence electrons. The van der Waals surface area contributed by atoms with Crippen molar-refractivity contribution in [2.24, 2.45) is 0 Å². The number of ether oxygens (including phenoxy) is 2. The monoisotopic (exact) mass is 445 g/mol. The number of nitro benzene ring substituents is 1. The first kappa shape index (κ1) is 22.1. The van der Waals surface area contributed by atoms with E-state index in [0.29, 0.717) is 5.69 Å². The standard InChI is InChI=1S/C20H19N3O7S/c1-11(19(25)22-14-9-12(23(27)28)7-8-15(14)29-2)30-18(24)10-17-20(26)21-13-5-3-4-6-16(13)31-17/h3-9,11,17H,10H2,1-2H3,(H,21,26)(H,22,25)/t11-,17-/m0/s1. The number of para-hydroxylation sites is 1. The van der Waals surface area contributed by atoms with Crippen LogP contribution in [-0.4, -0.2) is 41.2 Å². The summed E-state index contributed by atoms with van der Waals surface area (Å²) in [6.45, 7) is 1.36. The van der Waals surface area contributed by atoms with Crippen LogP contribution < -0.4 is 15.4 Å². The van der Waals surface area contributed by atoms with Crippen LogP contribution in [-0.2, 0) is 19.1 Å². The zero-order valence-corrected chi connectivity index (χ0v) is 17.4. The Morgan fingerprint density at radius 3 is 2.74 bits per heavy atom. The smallest absolute Gasteiger partial charge is 0.308 e. The molecule has 0 bridgehead atoms. The van der Waals surface area contributed by atoms with E-state index in [4.69, 9.17) is 9.47 Å². The molecule has 2 atom stereocenters. The van der Waals surface area contributed by atoms with Crippen molar-refractivity contribution < 1.29 is 28.8 Å². The molecule has 0 radical (unpaired) electrons. The topological polar surface area (TPSA) is 137 Å². The highest BCUT2D eigenvalue weighted by Crippen LogP contribution is 2.36. The third-order valence-corrected chi connectivity index (χ3v) is 5.66. The number of carbonyl (C=O) groups is 3. The molecular weight excluding hydrogens is 426 g/mol. The van der Waals surface area contributed by atoms with Gasteiger partial charge in [0.15, 0.2) is 6.10 Å². The second kappa shape index (κ2) is 9.47. The first-order valence-corrected chi connectivity index (χ1v) is 10.1. The van der Waals surface area contributed by atoms with Gasteiger partial charge in [0.1, 0.15) is 5.75 Å². The number of carbonyl (C=O) groups excluding carboxylic acids is 3. The molecule has 10 nitrogen and oxygen atoms in total. The molecule has 0 aromatic heterocycles. The predicted molar refractivity (Wildman–Crippen MR) is 113 cm³/mol. The molecule has 0 spiro atoms. The van der Waals surface area contributed by atoms with Gasteiger partial charge >= 0.3 is 5.97 Å². The summed E-state index contributed by atoms with van der Waals surface area (Å²) in [6, 6.07) is 11.0. The minimum Gasteiger partial charge on any atom is -0.495 e. The summed E-state index contributed by atoms with van der Waals surface area (Å²) in [4.78, 5) is 48.1. The number of esters is 1. The summed E-state index contributed by atoms with van der Waals surface area (Å²) in [6.07, 6.45) is -1.41. The molecule has 3 rings (SSSR count). The average Bonchev–Trinajstić information content (AvgIpc) is 2.74. The highest BCUT2D eigenvalue weighted by Gasteiger charge is 2.30. The molecule has 31 heavy (non-hydrogen) atoms. The normalized spacial score (nSPS) is 15.8. The van der Waals surface area contributed by atoms with Crippen LogP contribution in [0.25, 0.3) is 0 Å². The van der Waals surface area contributed by atoms with Crippen molar-refractivity contribution in [2.75, 3.05) is 17.7 Å².